The monoisotopic (exact) mass is 406 g/mol. The highest BCUT2D eigenvalue weighted by Gasteiger charge is 2.33. The summed E-state index contributed by atoms with van der Waals surface area (Å²) in [5, 5.41) is 3.54. The van der Waals surface area contributed by atoms with Crippen molar-refractivity contribution in [1.82, 2.24) is 15.0 Å². The third-order valence-electron chi connectivity index (χ3n) is 5.50. The van der Waals surface area contributed by atoms with Crippen LogP contribution in [0.2, 0.25) is 0 Å². The van der Waals surface area contributed by atoms with E-state index in [1.807, 2.05) is 32.0 Å². The lowest BCUT2D eigenvalue weighted by Crippen LogP contribution is -2.29. The van der Waals surface area contributed by atoms with Gasteiger partial charge < -0.3 is 14.8 Å². The Balaban J connectivity index is 1.45. The summed E-state index contributed by atoms with van der Waals surface area (Å²) in [4.78, 5) is 36.9. The highest BCUT2D eigenvalue weighted by Crippen LogP contribution is 2.36. The molecule has 2 aromatic heterocycles. The molecule has 3 aromatic rings. The first kappa shape index (κ1) is 18.6. The Labute approximate surface area is 172 Å². The number of benzene rings is 1. The molecule has 0 saturated carbocycles. The van der Waals surface area contributed by atoms with Crippen molar-refractivity contribution >= 4 is 22.8 Å². The molecule has 0 unspecified atom stereocenters. The second kappa shape index (κ2) is 6.83. The molecule has 3 heterocycles. The third kappa shape index (κ3) is 3.28. The van der Waals surface area contributed by atoms with Gasteiger partial charge in [-0.2, -0.15) is 4.98 Å². The zero-order valence-corrected chi connectivity index (χ0v) is 16.9. The number of carbonyl (C=O) groups is 1. The molecule has 2 aliphatic rings. The van der Waals surface area contributed by atoms with Crippen LogP contribution in [0.25, 0.3) is 11.0 Å². The van der Waals surface area contributed by atoms with Crippen molar-refractivity contribution in [3.63, 3.8) is 0 Å². The highest BCUT2D eigenvalue weighted by atomic mass is 16.6. The Hall–Kier alpha value is -3.42. The van der Waals surface area contributed by atoms with Gasteiger partial charge in [-0.15, -0.1) is 0 Å². The molecule has 8 heteroatoms. The summed E-state index contributed by atoms with van der Waals surface area (Å²) in [6.45, 7) is 5.59. The standard InChI is InChI=1S/C22H22N4O4/c1-22(2)8-13-14(15(27)9-22)11-23-19-18(13)20(28)26-21(25-19)24-10-12-3-4-16-17(7-12)30-6-5-29-16/h3-4,7,11H,5-6,8-10H2,1-2H3,(H2,23,24,25,26,28). The summed E-state index contributed by atoms with van der Waals surface area (Å²) in [5.41, 5.74) is 2.10. The SMILES string of the molecule is CC1(C)CC(=O)c2cnc3nc(NCc4ccc5c(c4)OCCO5)[nH]c(=O)c3c2C1. The number of H-pyrrole nitrogens is 1. The number of aromatic nitrogens is 3. The summed E-state index contributed by atoms with van der Waals surface area (Å²) in [6, 6.07) is 5.71. The second-order valence-electron chi connectivity index (χ2n) is 8.54. The number of hydrogen-bond donors (Lipinski definition) is 2. The van der Waals surface area contributed by atoms with E-state index in [4.69, 9.17) is 9.47 Å². The number of hydrogen-bond acceptors (Lipinski definition) is 7. The lowest BCUT2D eigenvalue weighted by molar-refractivity contribution is 0.0912. The number of anilines is 1. The molecule has 8 nitrogen and oxygen atoms in total. The number of rotatable bonds is 3. The molecule has 5 rings (SSSR count). The van der Waals surface area contributed by atoms with Crippen LogP contribution >= 0.6 is 0 Å². The van der Waals surface area contributed by atoms with E-state index in [0.29, 0.717) is 60.9 Å². The summed E-state index contributed by atoms with van der Waals surface area (Å²) < 4.78 is 11.1. The van der Waals surface area contributed by atoms with Gasteiger partial charge in [-0.1, -0.05) is 19.9 Å². The van der Waals surface area contributed by atoms with Crippen molar-refractivity contribution in [2.45, 2.75) is 33.2 Å². The fourth-order valence-corrected chi connectivity index (χ4v) is 4.13. The molecule has 1 aromatic carbocycles. The third-order valence-corrected chi connectivity index (χ3v) is 5.50. The lowest BCUT2D eigenvalue weighted by Gasteiger charge is -2.30. The lowest BCUT2D eigenvalue weighted by atomic mass is 9.73. The number of pyridine rings is 1. The molecule has 0 spiro atoms. The topological polar surface area (TPSA) is 106 Å². The van der Waals surface area contributed by atoms with Crippen LogP contribution in [-0.2, 0) is 13.0 Å². The van der Waals surface area contributed by atoms with Gasteiger partial charge in [0.05, 0.1) is 5.39 Å². The molecule has 154 valence electrons. The minimum atomic E-state index is -0.292. The van der Waals surface area contributed by atoms with Crippen LogP contribution in [-0.4, -0.2) is 33.9 Å². The average Bonchev–Trinajstić information content (AvgIpc) is 2.70. The maximum Gasteiger partial charge on any atom is 0.262 e. The van der Waals surface area contributed by atoms with Gasteiger partial charge in [-0.05, 0) is 35.1 Å². The van der Waals surface area contributed by atoms with Crippen LogP contribution in [0.4, 0.5) is 5.95 Å². The average molecular weight is 406 g/mol. The Bertz CT molecular complexity index is 1230. The van der Waals surface area contributed by atoms with Gasteiger partial charge in [-0.3, -0.25) is 14.6 Å². The van der Waals surface area contributed by atoms with Crippen molar-refractivity contribution in [1.29, 1.82) is 0 Å². The number of carbonyl (C=O) groups excluding carboxylic acids is 1. The van der Waals surface area contributed by atoms with Crippen LogP contribution in [0.15, 0.2) is 29.2 Å². The first-order valence-corrected chi connectivity index (χ1v) is 9.97. The molecule has 1 aliphatic heterocycles. The number of nitrogens with one attached hydrogen (secondary N) is 2. The first-order valence-electron chi connectivity index (χ1n) is 9.97. The number of ketones is 1. The highest BCUT2D eigenvalue weighted by molar-refractivity contribution is 6.02. The fraction of sp³-hybridized carbons (Fsp3) is 0.364. The number of Topliss-reactive ketones (excluding diaryl/α,β-unsaturated/α-hetero) is 1. The molecule has 0 amide bonds. The predicted octanol–water partition coefficient (Wildman–Crippen LogP) is 2.86. The number of aromatic amines is 1. The molecular weight excluding hydrogens is 384 g/mol. The summed E-state index contributed by atoms with van der Waals surface area (Å²) >= 11 is 0. The molecular formula is C22H22N4O4. The largest absolute Gasteiger partial charge is 0.486 e. The zero-order chi connectivity index (χ0) is 20.9. The molecule has 0 bridgehead atoms. The maximum atomic E-state index is 12.9. The van der Waals surface area contributed by atoms with E-state index in [1.54, 1.807) is 6.20 Å². The Morgan fingerprint density at radius 2 is 1.93 bits per heavy atom. The molecule has 1 aliphatic carbocycles. The molecule has 0 saturated heterocycles. The van der Waals surface area contributed by atoms with E-state index >= 15 is 0 Å². The van der Waals surface area contributed by atoms with Crippen LogP contribution in [0.3, 0.4) is 0 Å². The van der Waals surface area contributed by atoms with E-state index < -0.39 is 0 Å². The van der Waals surface area contributed by atoms with Gasteiger partial charge in [0.15, 0.2) is 22.9 Å². The summed E-state index contributed by atoms with van der Waals surface area (Å²) in [7, 11) is 0. The molecule has 0 fully saturated rings. The first-order chi connectivity index (χ1) is 14.4. The van der Waals surface area contributed by atoms with Crippen molar-refractivity contribution < 1.29 is 14.3 Å². The normalized spacial score (nSPS) is 16.9. The van der Waals surface area contributed by atoms with Gasteiger partial charge in [0.2, 0.25) is 5.95 Å². The van der Waals surface area contributed by atoms with Crippen LogP contribution in [0.1, 0.15) is 41.8 Å². The number of fused-ring (bicyclic) bond motifs is 4. The number of ether oxygens (including phenoxy) is 2. The van der Waals surface area contributed by atoms with Gasteiger partial charge >= 0.3 is 0 Å². The van der Waals surface area contributed by atoms with Crippen LogP contribution in [0, 0.1) is 5.41 Å². The Kier molecular flexibility index (Phi) is 4.23. The van der Waals surface area contributed by atoms with Crippen LogP contribution in [0.5, 0.6) is 11.5 Å². The van der Waals surface area contributed by atoms with E-state index in [9.17, 15) is 9.59 Å². The molecule has 0 radical (unpaired) electrons. The minimum Gasteiger partial charge on any atom is -0.486 e. The van der Waals surface area contributed by atoms with Crippen molar-refractivity contribution in [2.24, 2.45) is 5.41 Å². The zero-order valence-electron chi connectivity index (χ0n) is 16.9. The molecule has 2 N–H and O–H groups in total. The second-order valence-corrected chi connectivity index (χ2v) is 8.54. The van der Waals surface area contributed by atoms with E-state index in [1.165, 1.54) is 0 Å². The number of nitrogens with zero attached hydrogens (tertiary/aromatic N) is 2. The van der Waals surface area contributed by atoms with Gasteiger partial charge in [0.25, 0.3) is 5.56 Å². The molecule has 0 atom stereocenters. The van der Waals surface area contributed by atoms with Crippen LogP contribution < -0.4 is 20.3 Å². The van der Waals surface area contributed by atoms with Crippen molar-refractivity contribution in [3.8, 4) is 11.5 Å². The summed E-state index contributed by atoms with van der Waals surface area (Å²) in [6.07, 6.45) is 2.64. The van der Waals surface area contributed by atoms with Gasteiger partial charge in [-0.25, -0.2) is 4.98 Å². The molecule has 30 heavy (non-hydrogen) atoms. The maximum absolute atomic E-state index is 12.9. The van der Waals surface area contributed by atoms with Gasteiger partial charge in [0.1, 0.15) is 13.2 Å². The minimum absolute atomic E-state index is 0.0239. The quantitative estimate of drug-likeness (QED) is 0.689. The smallest absolute Gasteiger partial charge is 0.262 e. The van der Waals surface area contributed by atoms with Crippen molar-refractivity contribution in [3.05, 3.63) is 51.4 Å². The predicted molar refractivity (Wildman–Crippen MR) is 111 cm³/mol. The fourth-order valence-electron chi connectivity index (χ4n) is 4.13. The summed E-state index contributed by atoms with van der Waals surface area (Å²) in [5.74, 6) is 1.79. The van der Waals surface area contributed by atoms with Crippen molar-refractivity contribution in [2.75, 3.05) is 18.5 Å². The van der Waals surface area contributed by atoms with E-state index in [0.717, 1.165) is 16.9 Å². The Morgan fingerprint density at radius 1 is 1.13 bits per heavy atom. The van der Waals surface area contributed by atoms with E-state index in [2.05, 4.69) is 20.3 Å². The van der Waals surface area contributed by atoms with Gasteiger partial charge in [0, 0.05) is 24.7 Å². The Morgan fingerprint density at radius 3 is 2.77 bits per heavy atom. The van der Waals surface area contributed by atoms with E-state index in [-0.39, 0.29) is 16.8 Å².